The monoisotopic (exact) mass is 805 g/mol. The second kappa shape index (κ2) is 15.3. The molecule has 2 heterocycles. The van der Waals surface area contributed by atoms with Gasteiger partial charge in [0, 0.05) is 49.7 Å². The van der Waals surface area contributed by atoms with Crippen molar-refractivity contribution in [2.24, 2.45) is 0 Å². The molecule has 0 aliphatic rings. The molecule has 0 aliphatic carbocycles. The van der Waals surface area contributed by atoms with Crippen molar-refractivity contribution in [2.75, 3.05) is 4.90 Å². The Morgan fingerprint density at radius 3 is 1.30 bits per heavy atom. The van der Waals surface area contributed by atoms with Crippen LogP contribution in [0.2, 0.25) is 0 Å². The molecule has 3 nitrogen and oxygen atoms in total. The molecule has 0 saturated carbocycles. The fraction of sp³-hybridized carbons (Fsp3) is 0. The Balaban J connectivity index is 0.933. The smallest absolute Gasteiger partial charge is 0.143 e. The van der Waals surface area contributed by atoms with Gasteiger partial charge in [-0.25, -0.2) is 0 Å². The summed E-state index contributed by atoms with van der Waals surface area (Å²) in [6, 6.07) is 84.0. The Morgan fingerprint density at radius 1 is 0.238 bits per heavy atom. The molecule has 10 aromatic carbocycles. The van der Waals surface area contributed by atoms with E-state index in [0.29, 0.717) is 0 Å². The quantitative estimate of drug-likeness (QED) is 0.153. The molecule has 0 aliphatic heterocycles. The highest BCUT2D eigenvalue weighted by molar-refractivity contribution is 6.12. The van der Waals surface area contributed by atoms with Crippen LogP contribution in [0.3, 0.4) is 0 Å². The second-order valence-corrected chi connectivity index (χ2v) is 16.1. The lowest BCUT2D eigenvalue weighted by Crippen LogP contribution is -2.09. The van der Waals surface area contributed by atoms with Crippen LogP contribution in [0, 0.1) is 0 Å². The van der Waals surface area contributed by atoms with Gasteiger partial charge in [0.2, 0.25) is 0 Å². The van der Waals surface area contributed by atoms with Gasteiger partial charge in [0.1, 0.15) is 22.3 Å². The lowest BCUT2D eigenvalue weighted by atomic mass is 9.95. The summed E-state index contributed by atoms with van der Waals surface area (Å²) in [5.41, 5.74) is 18.2. The number of anilines is 3. The van der Waals surface area contributed by atoms with Crippen LogP contribution < -0.4 is 4.90 Å². The molecule has 0 unspecified atom stereocenters. The van der Waals surface area contributed by atoms with Crippen molar-refractivity contribution in [2.45, 2.75) is 0 Å². The molecule has 0 radical (unpaired) electrons. The summed E-state index contributed by atoms with van der Waals surface area (Å²) in [5.74, 6) is 0. The molecular weight excluding hydrogens is 767 g/mol. The van der Waals surface area contributed by atoms with E-state index in [-0.39, 0.29) is 0 Å². The number of para-hydroxylation sites is 2. The molecule has 0 bridgehead atoms. The number of rotatable bonds is 8. The molecule has 12 aromatic rings. The number of hydrogen-bond donors (Lipinski definition) is 0. The summed E-state index contributed by atoms with van der Waals surface area (Å²) in [6.45, 7) is 0. The summed E-state index contributed by atoms with van der Waals surface area (Å²) in [4.78, 5) is 2.33. The molecular formula is C60H39NO2. The average Bonchev–Trinajstić information content (AvgIpc) is 3.94. The van der Waals surface area contributed by atoms with Crippen molar-refractivity contribution < 1.29 is 8.83 Å². The molecule has 0 atom stereocenters. The highest BCUT2D eigenvalue weighted by Crippen LogP contribution is 2.43. The van der Waals surface area contributed by atoms with Crippen LogP contribution in [0.1, 0.15) is 0 Å². The maximum absolute atomic E-state index is 6.66. The van der Waals surface area contributed by atoms with E-state index in [4.69, 9.17) is 8.83 Å². The molecule has 0 spiro atoms. The van der Waals surface area contributed by atoms with E-state index in [0.717, 1.165) is 99.9 Å². The van der Waals surface area contributed by atoms with Gasteiger partial charge in [-0.1, -0.05) is 170 Å². The third kappa shape index (κ3) is 6.55. The molecule has 0 N–H and O–H groups in total. The standard InChI is InChI=1S/C60H39NO2/c1-4-13-40(14-5-1)42-23-30-48(31-24-42)61(50-34-27-45(28-35-50)51-20-12-21-53-52-19-10-11-22-57(52)62-59(51)53)49-32-25-43(26-33-49)46-29-36-58-55(37-46)56-39-47(41-15-6-2-7-16-41)38-54(60(56)63-58)44-17-8-3-9-18-44/h1-39H. The fourth-order valence-electron chi connectivity index (χ4n) is 9.14. The minimum atomic E-state index is 0.873. The van der Waals surface area contributed by atoms with Crippen LogP contribution in [-0.4, -0.2) is 0 Å². The van der Waals surface area contributed by atoms with Gasteiger partial charge < -0.3 is 13.7 Å². The summed E-state index contributed by atoms with van der Waals surface area (Å²) >= 11 is 0. The molecule has 3 heteroatoms. The number of benzene rings is 10. The first-order valence-corrected chi connectivity index (χ1v) is 21.4. The van der Waals surface area contributed by atoms with Gasteiger partial charge in [-0.15, -0.1) is 0 Å². The first-order chi connectivity index (χ1) is 31.2. The predicted octanol–water partition coefficient (Wildman–Crippen LogP) is 17.3. The lowest BCUT2D eigenvalue weighted by Gasteiger charge is -2.26. The van der Waals surface area contributed by atoms with Crippen LogP contribution in [0.15, 0.2) is 245 Å². The van der Waals surface area contributed by atoms with E-state index < -0.39 is 0 Å². The zero-order valence-electron chi connectivity index (χ0n) is 34.3. The molecule has 296 valence electrons. The number of nitrogens with zero attached hydrogens (tertiary/aromatic N) is 1. The summed E-state index contributed by atoms with van der Waals surface area (Å²) in [5, 5.41) is 4.46. The summed E-state index contributed by atoms with van der Waals surface area (Å²) in [7, 11) is 0. The molecule has 0 fully saturated rings. The van der Waals surface area contributed by atoms with Gasteiger partial charge in [0.25, 0.3) is 0 Å². The molecule has 0 amide bonds. The van der Waals surface area contributed by atoms with E-state index in [1.165, 1.54) is 16.7 Å². The maximum atomic E-state index is 6.66. The molecule has 0 saturated heterocycles. The third-order valence-corrected chi connectivity index (χ3v) is 12.3. The summed E-state index contributed by atoms with van der Waals surface area (Å²) in [6.07, 6.45) is 0. The zero-order chi connectivity index (χ0) is 41.7. The predicted molar refractivity (Wildman–Crippen MR) is 263 cm³/mol. The number of fused-ring (bicyclic) bond motifs is 6. The topological polar surface area (TPSA) is 29.5 Å². The normalized spacial score (nSPS) is 11.5. The zero-order valence-corrected chi connectivity index (χ0v) is 34.3. The third-order valence-electron chi connectivity index (χ3n) is 12.3. The Kier molecular flexibility index (Phi) is 8.83. The van der Waals surface area contributed by atoms with Crippen molar-refractivity contribution in [3.63, 3.8) is 0 Å². The first kappa shape index (κ1) is 36.5. The summed E-state index contributed by atoms with van der Waals surface area (Å²) < 4.78 is 13.1. The number of hydrogen-bond acceptors (Lipinski definition) is 3. The average molecular weight is 806 g/mol. The Hall–Kier alpha value is -8.40. The largest absolute Gasteiger partial charge is 0.455 e. The van der Waals surface area contributed by atoms with Crippen molar-refractivity contribution in [1.29, 1.82) is 0 Å². The van der Waals surface area contributed by atoms with Gasteiger partial charge in [0.15, 0.2) is 0 Å². The van der Waals surface area contributed by atoms with E-state index in [2.05, 4.69) is 229 Å². The van der Waals surface area contributed by atoms with Gasteiger partial charge in [-0.05, 0) is 111 Å². The Bertz CT molecular complexity index is 3570. The minimum absolute atomic E-state index is 0.873. The fourth-order valence-corrected chi connectivity index (χ4v) is 9.14. The van der Waals surface area contributed by atoms with Crippen LogP contribution in [-0.2, 0) is 0 Å². The van der Waals surface area contributed by atoms with E-state index in [1.807, 2.05) is 12.1 Å². The molecule has 12 rings (SSSR count). The molecule has 63 heavy (non-hydrogen) atoms. The van der Waals surface area contributed by atoms with Crippen LogP contribution in [0.25, 0.3) is 99.5 Å². The van der Waals surface area contributed by atoms with Gasteiger partial charge in [-0.3, -0.25) is 0 Å². The SMILES string of the molecule is c1ccc(-c2ccc(N(c3ccc(-c4ccc5oc6c(-c7ccccc7)cc(-c7ccccc7)cc6c5c4)cc3)c3ccc(-c4cccc5c4oc4ccccc45)cc3)cc2)cc1. The lowest BCUT2D eigenvalue weighted by molar-refractivity contribution is 0.669. The maximum Gasteiger partial charge on any atom is 0.143 e. The van der Waals surface area contributed by atoms with Crippen molar-refractivity contribution >= 4 is 60.9 Å². The van der Waals surface area contributed by atoms with Crippen LogP contribution in [0.4, 0.5) is 17.1 Å². The van der Waals surface area contributed by atoms with Crippen molar-refractivity contribution in [1.82, 2.24) is 0 Å². The Labute approximate surface area is 365 Å². The second-order valence-electron chi connectivity index (χ2n) is 16.1. The van der Waals surface area contributed by atoms with Gasteiger partial charge in [-0.2, -0.15) is 0 Å². The van der Waals surface area contributed by atoms with Crippen LogP contribution in [0.5, 0.6) is 0 Å². The van der Waals surface area contributed by atoms with Crippen LogP contribution >= 0.6 is 0 Å². The van der Waals surface area contributed by atoms with Crippen molar-refractivity contribution in [3.8, 4) is 55.6 Å². The van der Waals surface area contributed by atoms with E-state index in [9.17, 15) is 0 Å². The van der Waals surface area contributed by atoms with Gasteiger partial charge >= 0.3 is 0 Å². The first-order valence-electron chi connectivity index (χ1n) is 21.4. The molecule has 2 aromatic heterocycles. The van der Waals surface area contributed by atoms with E-state index >= 15 is 0 Å². The van der Waals surface area contributed by atoms with Gasteiger partial charge in [0.05, 0.1) is 0 Å². The van der Waals surface area contributed by atoms with E-state index in [1.54, 1.807) is 0 Å². The highest BCUT2D eigenvalue weighted by Gasteiger charge is 2.18. The minimum Gasteiger partial charge on any atom is -0.455 e. The number of furan rings is 2. The van der Waals surface area contributed by atoms with Crippen molar-refractivity contribution in [3.05, 3.63) is 237 Å². The highest BCUT2D eigenvalue weighted by atomic mass is 16.3. The Morgan fingerprint density at radius 2 is 0.667 bits per heavy atom.